The summed E-state index contributed by atoms with van der Waals surface area (Å²) in [5.41, 5.74) is 3.64. The number of carbonyl (C=O) groups excluding carboxylic acids is 2. The fourth-order valence-electron chi connectivity index (χ4n) is 4.83. The van der Waals surface area contributed by atoms with E-state index in [1.54, 1.807) is 6.20 Å². The van der Waals surface area contributed by atoms with E-state index in [1.807, 2.05) is 85.0 Å². The molecule has 0 atom stereocenters. The Labute approximate surface area is 217 Å². The number of hydrogen-bond donors (Lipinski definition) is 1. The number of rotatable bonds is 5. The number of likely N-dealkylation sites (tertiary alicyclic amines) is 1. The molecule has 1 aliphatic rings. The minimum atomic E-state index is -0.396. The van der Waals surface area contributed by atoms with Gasteiger partial charge in [-0.1, -0.05) is 81.4 Å². The summed E-state index contributed by atoms with van der Waals surface area (Å²) in [5, 5.41) is 8.55. The molecule has 0 unspecified atom stereocenters. The van der Waals surface area contributed by atoms with Gasteiger partial charge in [0, 0.05) is 30.1 Å². The molecule has 5 rings (SSSR count). The van der Waals surface area contributed by atoms with Crippen LogP contribution in [0.2, 0.25) is 0 Å². The predicted molar refractivity (Wildman–Crippen MR) is 145 cm³/mol. The number of benzene rings is 2. The first-order chi connectivity index (χ1) is 17.8. The summed E-state index contributed by atoms with van der Waals surface area (Å²) in [5.74, 6) is 0.0240. The zero-order chi connectivity index (χ0) is 26.0. The molecule has 4 aromatic rings. The number of amides is 2. The average Bonchev–Trinajstić information content (AvgIpc) is 3.31. The van der Waals surface area contributed by atoms with E-state index in [4.69, 9.17) is 4.98 Å². The molecule has 0 spiro atoms. The van der Waals surface area contributed by atoms with Crippen LogP contribution in [0.5, 0.6) is 0 Å². The molecule has 0 radical (unpaired) electrons. The van der Waals surface area contributed by atoms with E-state index in [9.17, 15) is 9.59 Å². The molecular weight excluding hydrogens is 462 g/mol. The molecule has 0 aliphatic carbocycles. The van der Waals surface area contributed by atoms with Gasteiger partial charge >= 0.3 is 0 Å². The highest BCUT2D eigenvalue weighted by Crippen LogP contribution is 2.26. The molecule has 1 fully saturated rings. The number of carbonyl (C=O) groups is 2. The summed E-state index contributed by atoms with van der Waals surface area (Å²) < 4.78 is 1.85. The van der Waals surface area contributed by atoms with E-state index < -0.39 is 5.41 Å². The van der Waals surface area contributed by atoms with Crippen molar-refractivity contribution in [3.05, 3.63) is 84.1 Å². The predicted octanol–water partition coefficient (Wildman–Crippen LogP) is 4.91. The first-order valence-corrected chi connectivity index (χ1v) is 12.9. The number of nitrogens with zero attached hydrogens (tertiary/aromatic N) is 4. The van der Waals surface area contributed by atoms with Crippen molar-refractivity contribution in [2.45, 2.75) is 46.2 Å². The third kappa shape index (κ3) is 5.40. The number of nitrogens with one attached hydrogen (secondary N) is 1. The lowest BCUT2D eigenvalue weighted by molar-refractivity contribution is -0.140. The second-order valence-electron chi connectivity index (χ2n) is 10.7. The normalized spacial score (nSPS) is 14.6. The summed E-state index contributed by atoms with van der Waals surface area (Å²) in [6, 6.07) is 21.9. The van der Waals surface area contributed by atoms with Crippen molar-refractivity contribution in [2.24, 2.45) is 5.41 Å². The molecule has 190 valence electrons. The van der Waals surface area contributed by atoms with E-state index in [0.717, 1.165) is 35.0 Å². The van der Waals surface area contributed by atoms with Crippen LogP contribution in [0, 0.1) is 5.41 Å². The largest absolute Gasteiger partial charge is 0.349 e. The molecule has 37 heavy (non-hydrogen) atoms. The lowest BCUT2D eigenvalue weighted by Crippen LogP contribution is -2.49. The molecule has 7 heteroatoms. The van der Waals surface area contributed by atoms with Crippen LogP contribution in [-0.4, -0.2) is 50.6 Å². The zero-order valence-electron chi connectivity index (χ0n) is 21.6. The van der Waals surface area contributed by atoms with E-state index in [1.165, 1.54) is 0 Å². The molecule has 1 aliphatic heterocycles. The van der Waals surface area contributed by atoms with Gasteiger partial charge in [-0.2, -0.15) is 5.10 Å². The van der Waals surface area contributed by atoms with Gasteiger partial charge in [0.2, 0.25) is 5.91 Å². The topological polar surface area (TPSA) is 80.1 Å². The third-order valence-electron chi connectivity index (χ3n) is 6.86. The van der Waals surface area contributed by atoms with Crippen molar-refractivity contribution in [3.63, 3.8) is 0 Å². The van der Waals surface area contributed by atoms with Crippen molar-refractivity contribution in [1.29, 1.82) is 0 Å². The van der Waals surface area contributed by atoms with Crippen LogP contribution < -0.4 is 5.32 Å². The van der Waals surface area contributed by atoms with E-state index in [0.29, 0.717) is 30.8 Å². The monoisotopic (exact) mass is 495 g/mol. The maximum Gasteiger partial charge on any atom is 0.252 e. The average molecular weight is 496 g/mol. The second-order valence-corrected chi connectivity index (χ2v) is 10.7. The van der Waals surface area contributed by atoms with Gasteiger partial charge in [-0.25, -0.2) is 9.67 Å². The Morgan fingerprint density at radius 2 is 1.62 bits per heavy atom. The number of piperidine rings is 1. The number of aromatic nitrogens is 3. The van der Waals surface area contributed by atoms with Crippen LogP contribution in [0.1, 0.15) is 49.5 Å². The molecular formula is C30H33N5O2. The fourth-order valence-corrected chi connectivity index (χ4v) is 4.83. The molecule has 1 N–H and O–H groups in total. The Morgan fingerprint density at radius 1 is 0.973 bits per heavy atom. The van der Waals surface area contributed by atoms with Gasteiger partial charge in [-0.3, -0.25) is 9.59 Å². The lowest BCUT2D eigenvalue weighted by atomic mass is 9.93. The van der Waals surface area contributed by atoms with Gasteiger partial charge in [-0.15, -0.1) is 0 Å². The number of hydrogen-bond acceptors (Lipinski definition) is 4. The molecule has 0 bridgehead atoms. The van der Waals surface area contributed by atoms with Gasteiger partial charge in [0.1, 0.15) is 0 Å². The van der Waals surface area contributed by atoms with E-state index >= 15 is 0 Å². The Morgan fingerprint density at radius 3 is 2.27 bits per heavy atom. The highest BCUT2D eigenvalue weighted by atomic mass is 16.2. The van der Waals surface area contributed by atoms with Gasteiger partial charge in [-0.05, 0) is 24.5 Å². The third-order valence-corrected chi connectivity index (χ3v) is 6.86. The fraction of sp³-hybridized carbons (Fsp3) is 0.333. The zero-order valence-corrected chi connectivity index (χ0v) is 21.6. The van der Waals surface area contributed by atoms with Crippen LogP contribution in [-0.2, 0) is 11.3 Å². The first-order valence-electron chi connectivity index (χ1n) is 12.9. The molecule has 2 amide bonds. The summed E-state index contributed by atoms with van der Waals surface area (Å²) in [6.45, 7) is 7.70. The van der Waals surface area contributed by atoms with Gasteiger partial charge in [0.25, 0.3) is 5.91 Å². The van der Waals surface area contributed by atoms with Crippen molar-refractivity contribution in [2.75, 3.05) is 13.1 Å². The minimum Gasteiger partial charge on any atom is -0.349 e. The molecule has 2 aromatic carbocycles. The highest BCUT2D eigenvalue weighted by Gasteiger charge is 2.31. The smallest absolute Gasteiger partial charge is 0.252 e. The summed E-state index contributed by atoms with van der Waals surface area (Å²) in [7, 11) is 0. The molecule has 2 aromatic heterocycles. The second kappa shape index (κ2) is 10.2. The van der Waals surface area contributed by atoms with Crippen LogP contribution >= 0.6 is 0 Å². The van der Waals surface area contributed by atoms with E-state index in [2.05, 4.69) is 22.5 Å². The quantitative estimate of drug-likeness (QED) is 0.427. The standard InChI is InChI=1S/C30H33N5O2/c1-30(2,3)29(37)34-16-14-23(15-17-34)32-28(36)24-18-26(22-12-8-5-9-13-22)33-27-25(24)19-31-35(27)20-21-10-6-4-7-11-21/h4-13,18-19,23H,14-17,20H2,1-3H3,(H,32,36). The summed E-state index contributed by atoms with van der Waals surface area (Å²) >= 11 is 0. The maximum absolute atomic E-state index is 13.6. The Kier molecular flexibility index (Phi) is 6.78. The van der Waals surface area contributed by atoms with Crippen molar-refractivity contribution in [3.8, 4) is 11.3 Å². The van der Waals surface area contributed by atoms with Crippen LogP contribution in [0.25, 0.3) is 22.3 Å². The maximum atomic E-state index is 13.6. The first kappa shape index (κ1) is 24.7. The van der Waals surface area contributed by atoms with Crippen LogP contribution in [0.15, 0.2) is 72.9 Å². The molecule has 0 saturated carbocycles. The Hall–Kier alpha value is -4.00. The molecule has 1 saturated heterocycles. The molecule has 3 heterocycles. The summed E-state index contributed by atoms with van der Waals surface area (Å²) in [6.07, 6.45) is 3.21. The van der Waals surface area contributed by atoms with Crippen LogP contribution in [0.4, 0.5) is 0 Å². The van der Waals surface area contributed by atoms with E-state index in [-0.39, 0.29) is 17.9 Å². The van der Waals surface area contributed by atoms with Crippen molar-refractivity contribution < 1.29 is 9.59 Å². The Balaban J connectivity index is 1.42. The number of fused-ring (bicyclic) bond motifs is 1. The molecule has 7 nitrogen and oxygen atoms in total. The summed E-state index contributed by atoms with van der Waals surface area (Å²) in [4.78, 5) is 33.1. The minimum absolute atomic E-state index is 0.0132. The number of pyridine rings is 1. The lowest BCUT2D eigenvalue weighted by Gasteiger charge is -2.36. The highest BCUT2D eigenvalue weighted by molar-refractivity contribution is 6.06. The van der Waals surface area contributed by atoms with Crippen molar-refractivity contribution in [1.82, 2.24) is 25.0 Å². The van der Waals surface area contributed by atoms with Crippen molar-refractivity contribution >= 4 is 22.8 Å². The van der Waals surface area contributed by atoms with Gasteiger partial charge < -0.3 is 10.2 Å². The Bertz CT molecular complexity index is 1400. The van der Waals surface area contributed by atoms with Crippen LogP contribution in [0.3, 0.4) is 0 Å². The van der Waals surface area contributed by atoms with Gasteiger partial charge in [0.05, 0.1) is 29.4 Å². The SMILES string of the molecule is CC(C)(C)C(=O)N1CCC(NC(=O)c2cc(-c3ccccc3)nc3c2cnn3Cc2ccccc2)CC1. The van der Waals surface area contributed by atoms with Gasteiger partial charge in [0.15, 0.2) is 5.65 Å².